The SMILES string of the molecule is CN(C)c1ccc(OC2CCN(C(=O)Cc3ccsc3)C2)nn1. The van der Waals surface area contributed by atoms with Crippen molar-refractivity contribution in [3.8, 4) is 5.88 Å². The van der Waals surface area contributed by atoms with E-state index in [0.29, 0.717) is 18.8 Å². The molecule has 0 saturated carbocycles. The van der Waals surface area contributed by atoms with Crippen LogP contribution in [-0.2, 0) is 11.2 Å². The van der Waals surface area contributed by atoms with Crippen LogP contribution in [0.15, 0.2) is 29.0 Å². The molecule has 0 aliphatic carbocycles. The normalized spacial score (nSPS) is 17.3. The molecule has 0 spiro atoms. The van der Waals surface area contributed by atoms with Gasteiger partial charge in [0.2, 0.25) is 11.8 Å². The highest BCUT2D eigenvalue weighted by Gasteiger charge is 2.27. The minimum Gasteiger partial charge on any atom is -0.471 e. The van der Waals surface area contributed by atoms with Crippen molar-refractivity contribution in [3.05, 3.63) is 34.5 Å². The van der Waals surface area contributed by atoms with Crippen molar-refractivity contribution in [2.24, 2.45) is 0 Å². The lowest BCUT2D eigenvalue weighted by molar-refractivity contribution is -0.129. The summed E-state index contributed by atoms with van der Waals surface area (Å²) in [5.74, 6) is 1.45. The van der Waals surface area contributed by atoms with Gasteiger partial charge in [-0.25, -0.2) is 0 Å². The maximum atomic E-state index is 12.3. The Hall–Kier alpha value is -2.15. The molecule has 1 fully saturated rings. The number of aromatic nitrogens is 2. The summed E-state index contributed by atoms with van der Waals surface area (Å²) in [4.78, 5) is 16.0. The van der Waals surface area contributed by atoms with E-state index in [9.17, 15) is 4.79 Å². The second-order valence-electron chi connectivity index (χ2n) is 5.80. The highest BCUT2D eigenvalue weighted by Crippen LogP contribution is 2.18. The zero-order valence-corrected chi connectivity index (χ0v) is 14.1. The van der Waals surface area contributed by atoms with Gasteiger partial charge in [0.05, 0.1) is 13.0 Å². The molecule has 1 unspecified atom stereocenters. The van der Waals surface area contributed by atoms with E-state index in [4.69, 9.17) is 4.74 Å². The number of likely N-dealkylation sites (tertiary alicyclic amines) is 1. The minimum atomic E-state index is -0.0130. The van der Waals surface area contributed by atoms with Crippen LogP contribution in [0.1, 0.15) is 12.0 Å². The van der Waals surface area contributed by atoms with Crippen LogP contribution in [0.5, 0.6) is 5.88 Å². The summed E-state index contributed by atoms with van der Waals surface area (Å²) in [6.45, 7) is 1.34. The second kappa shape index (κ2) is 6.95. The maximum absolute atomic E-state index is 12.3. The highest BCUT2D eigenvalue weighted by atomic mass is 32.1. The molecule has 0 radical (unpaired) electrons. The topological polar surface area (TPSA) is 58.6 Å². The first-order chi connectivity index (χ1) is 11.1. The number of anilines is 1. The fourth-order valence-corrected chi connectivity index (χ4v) is 3.18. The predicted octanol–water partition coefficient (Wildman–Crippen LogP) is 1.83. The Labute approximate surface area is 139 Å². The van der Waals surface area contributed by atoms with Gasteiger partial charge in [-0.15, -0.1) is 10.2 Å². The molecular formula is C16H20N4O2S. The van der Waals surface area contributed by atoms with Crippen LogP contribution < -0.4 is 9.64 Å². The number of amides is 1. The number of hydrogen-bond donors (Lipinski definition) is 0. The average molecular weight is 332 g/mol. The van der Waals surface area contributed by atoms with Gasteiger partial charge in [0.25, 0.3) is 0 Å². The van der Waals surface area contributed by atoms with E-state index < -0.39 is 0 Å². The Bertz CT molecular complexity index is 643. The standard InChI is InChI=1S/C16H20N4O2S/c1-19(2)14-3-4-15(18-17-14)22-13-5-7-20(10-13)16(21)9-12-6-8-23-11-12/h3-4,6,8,11,13H,5,7,9-10H2,1-2H3. The monoisotopic (exact) mass is 332 g/mol. The van der Waals surface area contributed by atoms with Crippen molar-refractivity contribution in [1.29, 1.82) is 0 Å². The Balaban J connectivity index is 1.52. The molecule has 1 saturated heterocycles. The van der Waals surface area contributed by atoms with Crippen molar-refractivity contribution >= 4 is 23.1 Å². The Kier molecular flexibility index (Phi) is 4.76. The molecule has 0 aromatic carbocycles. The summed E-state index contributed by atoms with van der Waals surface area (Å²) in [5, 5.41) is 12.2. The van der Waals surface area contributed by atoms with E-state index in [2.05, 4.69) is 10.2 Å². The van der Waals surface area contributed by atoms with Gasteiger partial charge in [-0.2, -0.15) is 11.3 Å². The lowest BCUT2D eigenvalue weighted by atomic mass is 10.2. The van der Waals surface area contributed by atoms with Gasteiger partial charge in [-0.3, -0.25) is 4.79 Å². The van der Waals surface area contributed by atoms with Crippen LogP contribution >= 0.6 is 11.3 Å². The van der Waals surface area contributed by atoms with Crippen molar-refractivity contribution < 1.29 is 9.53 Å². The smallest absolute Gasteiger partial charge is 0.233 e. The molecule has 3 rings (SSSR count). The zero-order valence-electron chi connectivity index (χ0n) is 13.3. The minimum absolute atomic E-state index is 0.0130. The third-order valence-corrected chi connectivity index (χ3v) is 4.54. The van der Waals surface area contributed by atoms with Gasteiger partial charge in [0, 0.05) is 33.1 Å². The number of carbonyl (C=O) groups is 1. The summed E-state index contributed by atoms with van der Waals surface area (Å²) in [5.41, 5.74) is 1.08. The van der Waals surface area contributed by atoms with Crippen LogP contribution in [0.3, 0.4) is 0 Å². The molecule has 122 valence electrons. The van der Waals surface area contributed by atoms with Gasteiger partial charge < -0.3 is 14.5 Å². The first-order valence-electron chi connectivity index (χ1n) is 7.58. The van der Waals surface area contributed by atoms with E-state index in [-0.39, 0.29) is 12.0 Å². The molecule has 1 aliphatic heterocycles. The summed E-state index contributed by atoms with van der Waals surface area (Å²) in [6, 6.07) is 5.68. The van der Waals surface area contributed by atoms with Crippen molar-refractivity contribution in [3.63, 3.8) is 0 Å². The van der Waals surface area contributed by atoms with Crippen LogP contribution in [0.4, 0.5) is 5.82 Å². The first kappa shape index (κ1) is 15.7. The first-order valence-corrected chi connectivity index (χ1v) is 8.52. The maximum Gasteiger partial charge on any atom is 0.233 e. The number of carbonyl (C=O) groups excluding carboxylic acids is 1. The van der Waals surface area contributed by atoms with Crippen LogP contribution in [0, 0.1) is 0 Å². The Morgan fingerprint density at radius 1 is 1.39 bits per heavy atom. The van der Waals surface area contributed by atoms with Crippen LogP contribution in [-0.4, -0.2) is 54.3 Å². The predicted molar refractivity (Wildman–Crippen MR) is 90.0 cm³/mol. The molecule has 23 heavy (non-hydrogen) atoms. The molecular weight excluding hydrogens is 312 g/mol. The van der Waals surface area contributed by atoms with Gasteiger partial charge >= 0.3 is 0 Å². The third-order valence-electron chi connectivity index (χ3n) is 3.80. The van der Waals surface area contributed by atoms with E-state index in [1.807, 2.05) is 52.9 Å². The van der Waals surface area contributed by atoms with E-state index in [1.54, 1.807) is 11.3 Å². The molecule has 0 bridgehead atoms. The number of rotatable bonds is 5. The largest absolute Gasteiger partial charge is 0.471 e. The Morgan fingerprint density at radius 3 is 2.91 bits per heavy atom. The van der Waals surface area contributed by atoms with E-state index in [1.165, 1.54) is 0 Å². The van der Waals surface area contributed by atoms with Crippen molar-refractivity contribution in [1.82, 2.24) is 15.1 Å². The zero-order chi connectivity index (χ0) is 16.2. The number of thiophene rings is 1. The van der Waals surface area contributed by atoms with E-state index >= 15 is 0 Å². The molecule has 1 aliphatic rings. The summed E-state index contributed by atoms with van der Waals surface area (Å²) in [7, 11) is 3.83. The fourth-order valence-electron chi connectivity index (χ4n) is 2.52. The lowest BCUT2D eigenvalue weighted by Crippen LogP contribution is -2.32. The van der Waals surface area contributed by atoms with Gasteiger partial charge in [0.1, 0.15) is 6.10 Å². The summed E-state index contributed by atoms with van der Waals surface area (Å²) in [6.07, 6.45) is 1.28. The molecule has 1 atom stereocenters. The molecule has 6 nitrogen and oxygen atoms in total. The molecule has 0 N–H and O–H groups in total. The second-order valence-corrected chi connectivity index (χ2v) is 6.58. The number of nitrogens with zero attached hydrogens (tertiary/aromatic N) is 4. The molecule has 2 aromatic rings. The van der Waals surface area contributed by atoms with Crippen molar-refractivity contribution in [2.45, 2.75) is 18.9 Å². The van der Waals surface area contributed by atoms with Gasteiger partial charge in [-0.05, 0) is 28.5 Å². The number of ether oxygens (including phenoxy) is 1. The number of hydrogen-bond acceptors (Lipinski definition) is 6. The van der Waals surface area contributed by atoms with E-state index in [0.717, 1.165) is 24.3 Å². The van der Waals surface area contributed by atoms with Crippen LogP contribution in [0.2, 0.25) is 0 Å². The quantitative estimate of drug-likeness (QED) is 0.836. The molecule has 1 amide bonds. The summed E-state index contributed by atoms with van der Waals surface area (Å²) < 4.78 is 5.84. The third kappa shape index (κ3) is 3.98. The van der Waals surface area contributed by atoms with Gasteiger partial charge in [-0.1, -0.05) is 0 Å². The van der Waals surface area contributed by atoms with Crippen molar-refractivity contribution in [2.75, 3.05) is 32.1 Å². The lowest BCUT2D eigenvalue weighted by Gasteiger charge is -2.17. The van der Waals surface area contributed by atoms with Gasteiger partial charge in [0.15, 0.2) is 5.82 Å². The molecule has 7 heteroatoms. The average Bonchev–Trinajstić information content (AvgIpc) is 3.19. The van der Waals surface area contributed by atoms with Crippen LogP contribution in [0.25, 0.3) is 0 Å². The molecule has 2 aromatic heterocycles. The Morgan fingerprint density at radius 2 is 2.26 bits per heavy atom. The highest BCUT2D eigenvalue weighted by molar-refractivity contribution is 7.07. The summed E-state index contributed by atoms with van der Waals surface area (Å²) >= 11 is 1.62. The molecule has 3 heterocycles. The fraction of sp³-hybridized carbons (Fsp3) is 0.438.